The Morgan fingerprint density at radius 1 is 0.960 bits per heavy atom. The van der Waals surface area contributed by atoms with Gasteiger partial charge in [0.25, 0.3) is 5.91 Å². The van der Waals surface area contributed by atoms with Crippen molar-refractivity contribution in [3.63, 3.8) is 0 Å². The van der Waals surface area contributed by atoms with E-state index in [0.29, 0.717) is 5.56 Å². The highest BCUT2D eigenvalue weighted by Crippen LogP contribution is 2.22. The number of hydrogen-bond donors (Lipinski definition) is 2. The molecule has 0 aliphatic heterocycles. The van der Waals surface area contributed by atoms with Crippen molar-refractivity contribution in [2.24, 2.45) is 0 Å². The quantitative estimate of drug-likeness (QED) is 0.595. The fourth-order valence-corrected chi connectivity index (χ4v) is 2.89. The smallest absolute Gasteiger partial charge is 0.255 e. The molecule has 0 unspecified atom stereocenters. The maximum atomic E-state index is 13.7. The van der Waals surface area contributed by atoms with Crippen LogP contribution in [-0.2, 0) is 0 Å². The van der Waals surface area contributed by atoms with E-state index >= 15 is 0 Å². The number of amides is 1. The van der Waals surface area contributed by atoms with Crippen LogP contribution >= 0.6 is 11.9 Å². The molecule has 0 saturated heterocycles. The highest BCUT2D eigenvalue weighted by Gasteiger charge is 2.09. The standard InChI is InChI=1S/C20H17FN2OS/c1-14-7-12-18(21)19(13-14)22-20(24)15-8-10-16(11-9-15)23-25-17-5-3-2-4-6-17/h2-13,23H,1H3,(H,22,24). The minimum atomic E-state index is -0.448. The number of halogens is 1. The van der Waals surface area contributed by atoms with Crippen molar-refractivity contribution in [2.45, 2.75) is 11.8 Å². The Balaban J connectivity index is 1.63. The monoisotopic (exact) mass is 352 g/mol. The molecule has 0 spiro atoms. The van der Waals surface area contributed by atoms with Crippen LogP contribution in [0.5, 0.6) is 0 Å². The topological polar surface area (TPSA) is 41.1 Å². The third-order valence-corrected chi connectivity index (χ3v) is 4.39. The van der Waals surface area contributed by atoms with Gasteiger partial charge in [0.1, 0.15) is 5.82 Å². The lowest BCUT2D eigenvalue weighted by atomic mass is 10.1. The molecular weight excluding hydrogens is 335 g/mol. The second-order valence-electron chi connectivity index (χ2n) is 5.53. The number of rotatable bonds is 5. The van der Waals surface area contributed by atoms with E-state index < -0.39 is 5.82 Å². The summed E-state index contributed by atoms with van der Waals surface area (Å²) in [6.45, 7) is 1.85. The lowest BCUT2D eigenvalue weighted by Gasteiger charge is -2.09. The third kappa shape index (κ3) is 4.61. The van der Waals surface area contributed by atoms with Crippen molar-refractivity contribution in [1.82, 2.24) is 0 Å². The Kier molecular flexibility index (Phi) is 5.36. The van der Waals surface area contributed by atoms with Crippen LogP contribution in [0.1, 0.15) is 15.9 Å². The second-order valence-corrected chi connectivity index (χ2v) is 6.41. The van der Waals surface area contributed by atoms with E-state index in [0.717, 1.165) is 16.1 Å². The highest BCUT2D eigenvalue weighted by atomic mass is 32.2. The molecular formula is C20H17FN2OS. The summed E-state index contributed by atoms with van der Waals surface area (Å²) in [6.07, 6.45) is 0. The maximum Gasteiger partial charge on any atom is 0.255 e. The Bertz CT molecular complexity index is 867. The number of carbonyl (C=O) groups is 1. The van der Waals surface area contributed by atoms with Gasteiger partial charge in [0.2, 0.25) is 0 Å². The summed E-state index contributed by atoms with van der Waals surface area (Å²) in [5.74, 6) is -0.789. The number of carbonyl (C=O) groups excluding carboxylic acids is 1. The zero-order valence-electron chi connectivity index (χ0n) is 13.6. The van der Waals surface area contributed by atoms with Crippen LogP contribution in [0, 0.1) is 12.7 Å². The van der Waals surface area contributed by atoms with Gasteiger partial charge in [-0.2, -0.15) is 0 Å². The van der Waals surface area contributed by atoms with Crippen molar-refractivity contribution in [2.75, 3.05) is 10.0 Å². The van der Waals surface area contributed by atoms with Crippen molar-refractivity contribution < 1.29 is 9.18 Å². The van der Waals surface area contributed by atoms with Gasteiger partial charge in [0.15, 0.2) is 0 Å². The molecule has 0 bridgehead atoms. The molecule has 25 heavy (non-hydrogen) atoms. The summed E-state index contributed by atoms with van der Waals surface area (Å²) < 4.78 is 17.0. The molecule has 3 aromatic carbocycles. The minimum absolute atomic E-state index is 0.187. The zero-order chi connectivity index (χ0) is 17.6. The van der Waals surface area contributed by atoms with Crippen molar-refractivity contribution >= 4 is 29.2 Å². The normalized spacial score (nSPS) is 10.3. The molecule has 0 radical (unpaired) electrons. The average molecular weight is 352 g/mol. The van der Waals surface area contributed by atoms with Gasteiger partial charge < -0.3 is 10.0 Å². The van der Waals surface area contributed by atoms with Gasteiger partial charge in [-0.05, 0) is 73.0 Å². The van der Waals surface area contributed by atoms with Crippen LogP contribution in [0.15, 0.2) is 77.7 Å². The zero-order valence-corrected chi connectivity index (χ0v) is 14.4. The Labute approximate surface area is 150 Å². The minimum Gasteiger partial charge on any atom is -0.326 e. The van der Waals surface area contributed by atoms with Crippen molar-refractivity contribution in [3.05, 3.63) is 89.7 Å². The van der Waals surface area contributed by atoms with Gasteiger partial charge in [-0.1, -0.05) is 24.3 Å². The lowest BCUT2D eigenvalue weighted by Crippen LogP contribution is -2.13. The first-order chi connectivity index (χ1) is 12.1. The van der Waals surface area contributed by atoms with Gasteiger partial charge in [0.05, 0.1) is 5.69 Å². The predicted molar refractivity (Wildman–Crippen MR) is 101 cm³/mol. The van der Waals surface area contributed by atoms with E-state index in [1.807, 2.05) is 49.4 Å². The Hall–Kier alpha value is -2.79. The van der Waals surface area contributed by atoms with Crippen molar-refractivity contribution in [1.29, 1.82) is 0 Å². The van der Waals surface area contributed by atoms with Crippen LogP contribution in [0.2, 0.25) is 0 Å². The fraction of sp³-hybridized carbons (Fsp3) is 0.0500. The molecule has 2 N–H and O–H groups in total. The number of nitrogens with one attached hydrogen (secondary N) is 2. The van der Waals surface area contributed by atoms with E-state index in [4.69, 9.17) is 0 Å². The second kappa shape index (κ2) is 7.85. The highest BCUT2D eigenvalue weighted by molar-refractivity contribution is 8.00. The van der Waals surface area contributed by atoms with E-state index in [-0.39, 0.29) is 11.6 Å². The number of hydrogen-bond acceptors (Lipinski definition) is 3. The predicted octanol–water partition coefficient (Wildman–Crippen LogP) is 5.51. The van der Waals surface area contributed by atoms with E-state index in [1.165, 1.54) is 18.0 Å². The Morgan fingerprint density at radius 2 is 1.68 bits per heavy atom. The molecule has 0 atom stereocenters. The molecule has 0 saturated carbocycles. The van der Waals surface area contributed by atoms with Crippen LogP contribution < -0.4 is 10.0 Å². The molecule has 3 nitrogen and oxygen atoms in total. The van der Waals surface area contributed by atoms with Crippen LogP contribution in [0.3, 0.4) is 0 Å². The summed E-state index contributed by atoms with van der Waals surface area (Å²) in [6, 6.07) is 21.6. The van der Waals surface area contributed by atoms with E-state index in [1.54, 1.807) is 24.3 Å². The molecule has 0 aliphatic carbocycles. The van der Waals surface area contributed by atoms with Crippen LogP contribution in [0.4, 0.5) is 15.8 Å². The van der Waals surface area contributed by atoms with Gasteiger partial charge in [-0.15, -0.1) is 0 Å². The largest absolute Gasteiger partial charge is 0.326 e. The lowest BCUT2D eigenvalue weighted by molar-refractivity contribution is 0.102. The van der Waals surface area contributed by atoms with Crippen LogP contribution in [-0.4, -0.2) is 5.91 Å². The molecule has 0 aromatic heterocycles. The first-order valence-corrected chi connectivity index (χ1v) is 8.59. The van der Waals surface area contributed by atoms with Gasteiger partial charge in [-0.25, -0.2) is 4.39 Å². The van der Waals surface area contributed by atoms with Gasteiger partial charge in [0, 0.05) is 16.1 Å². The van der Waals surface area contributed by atoms with Gasteiger partial charge >= 0.3 is 0 Å². The summed E-state index contributed by atoms with van der Waals surface area (Å²) in [5.41, 5.74) is 2.42. The van der Waals surface area contributed by atoms with Crippen LogP contribution in [0.25, 0.3) is 0 Å². The van der Waals surface area contributed by atoms with E-state index in [9.17, 15) is 9.18 Å². The first kappa shape index (κ1) is 17.0. The molecule has 1 amide bonds. The number of anilines is 2. The molecule has 3 aromatic rings. The number of aryl methyl sites for hydroxylation is 1. The Morgan fingerprint density at radius 3 is 2.40 bits per heavy atom. The maximum absolute atomic E-state index is 13.7. The molecule has 3 rings (SSSR count). The number of benzene rings is 3. The summed E-state index contributed by atoms with van der Waals surface area (Å²) in [5, 5.41) is 2.61. The summed E-state index contributed by atoms with van der Waals surface area (Å²) >= 11 is 1.49. The third-order valence-electron chi connectivity index (χ3n) is 3.55. The average Bonchev–Trinajstić information content (AvgIpc) is 2.64. The molecule has 5 heteroatoms. The molecule has 126 valence electrons. The van der Waals surface area contributed by atoms with E-state index in [2.05, 4.69) is 10.0 Å². The fourth-order valence-electron chi connectivity index (χ4n) is 2.23. The summed E-state index contributed by atoms with van der Waals surface area (Å²) in [4.78, 5) is 13.4. The molecule has 0 heterocycles. The summed E-state index contributed by atoms with van der Waals surface area (Å²) in [7, 11) is 0. The van der Waals surface area contributed by atoms with Crippen molar-refractivity contribution in [3.8, 4) is 0 Å². The molecule has 0 fully saturated rings. The molecule has 0 aliphatic rings. The van der Waals surface area contributed by atoms with Gasteiger partial charge in [-0.3, -0.25) is 4.79 Å². The SMILES string of the molecule is Cc1ccc(F)c(NC(=O)c2ccc(NSc3ccccc3)cc2)c1. The first-order valence-electron chi connectivity index (χ1n) is 7.77.